The van der Waals surface area contributed by atoms with Crippen molar-refractivity contribution in [2.24, 2.45) is 11.8 Å². The fourth-order valence-corrected chi connectivity index (χ4v) is 3.38. The molecular formula is C19H22N2O. The number of nitrogens with zero attached hydrogens (tertiary/aromatic N) is 1. The number of aryl methyl sites for hydroxylation is 2. The van der Waals surface area contributed by atoms with Crippen molar-refractivity contribution in [3.8, 4) is 0 Å². The van der Waals surface area contributed by atoms with Crippen molar-refractivity contribution in [2.75, 3.05) is 0 Å². The third kappa shape index (κ3) is 2.60. The van der Waals surface area contributed by atoms with Crippen LogP contribution >= 0.6 is 0 Å². The predicted molar refractivity (Wildman–Crippen MR) is 87.9 cm³/mol. The van der Waals surface area contributed by atoms with Crippen LogP contribution in [-0.4, -0.2) is 16.9 Å². The average molecular weight is 294 g/mol. The minimum absolute atomic E-state index is 0.0530. The number of benzene rings is 1. The van der Waals surface area contributed by atoms with Gasteiger partial charge in [0, 0.05) is 11.4 Å². The van der Waals surface area contributed by atoms with E-state index in [0.717, 1.165) is 22.2 Å². The first kappa shape index (κ1) is 13.7. The van der Waals surface area contributed by atoms with E-state index in [9.17, 15) is 4.79 Å². The van der Waals surface area contributed by atoms with Gasteiger partial charge in [-0.3, -0.25) is 9.78 Å². The van der Waals surface area contributed by atoms with Gasteiger partial charge in [-0.05, 0) is 69.6 Å². The highest BCUT2D eigenvalue weighted by Gasteiger charge is 2.42. The van der Waals surface area contributed by atoms with Crippen molar-refractivity contribution in [3.63, 3.8) is 0 Å². The topological polar surface area (TPSA) is 42.0 Å². The molecule has 1 aromatic carbocycles. The summed E-state index contributed by atoms with van der Waals surface area (Å²) in [6, 6.07) is 8.57. The fraction of sp³-hybridized carbons (Fsp3) is 0.474. The van der Waals surface area contributed by atoms with Crippen molar-refractivity contribution in [1.82, 2.24) is 10.3 Å². The first-order valence-corrected chi connectivity index (χ1v) is 8.31. The van der Waals surface area contributed by atoms with Gasteiger partial charge in [-0.15, -0.1) is 0 Å². The Balaban J connectivity index is 1.63. The Morgan fingerprint density at radius 1 is 1.14 bits per heavy atom. The molecule has 3 nitrogen and oxygen atoms in total. The molecule has 2 saturated carbocycles. The Bertz CT molecular complexity index is 732. The van der Waals surface area contributed by atoms with E-state index in [1.807, 2.05) is 19.1 Å². The van der Waals surface area contributed by atoms with E-state index in [1.165, 1.54) is 31.2 Å². The smallest absolute Gasteiger partial charge is 0.253 e. The molecule has 0 atom stereocenters. The number of hydrogen-bond acceptors (Lipinski definition) is 2. The molecule has 2 aliphatic rings. The van der Waals surface area contributed by atoms with Crippen LogP contribution in [0.25, 0.3) is 10.9 Å². The lowest BCUT2D eigenvalue weighted by Crippen LogP contribution is -2.38. The Hall–Kier alpha value is -1.90. The summed E-state index contributed by atoms with van der Waals surface area (Å²) < 4.78 is 0. The molecule has 2 aromatic rings. The van der Waals surface area contributed by atoms with Crippen molar-refractivity contribution in [2.45, 2.75) is 45.6 Å². The summed E-state index contributed by atoms with van der Waals surface area (Å²) in [4.78, 5) is 17.3. The summed E-state index contributed by atoms with van der Waals surface area (Å²) in [7, 11) is 0. The van der Waals surface area contributed by atoms with Crippen molar-refractivity contribution in [1.29, 1.82) is 0 Å². The summed E-state index contributed by atoms with van der Waals surface area (Å²) in [5.74, 6) is 1.48. The molecule has 2 fully saturated rings. The van der Waals surface area contributed by atoms with Crippen LogP contribution in [0.5, 0.6) is 0 Å². The molecule has 0 spiro atoms. The molecule has 3 heteroatoms. The molecule has 4 rings (SSSR count). The molecule has 1 amide bonds. The highest BCUT2D eigenvalue weighted by atomic mass is 16.1. The second-order valence-corrected chi connectivity index (χ2v) is 6.99. The SMILES string of the molecule is Cc1ccc2nc(C)c(C(=O)NC(C3CC3)C3CC3)cc2c1. The first-order chi connectivity index (χ1) is 10.6. The highest BCUT2D eigenvalue weighted by molar-refractivity contribution is 5.98. The maximum absolute atomic E-state index is 12.7. The second kappa shape index (κ2) is 5.08. The molecule has 0 bridgehead atoms. The molecule has 2 aliphatic carbocycles. The zero-order valence-electron chi connectivity index (χ0n) is 13.2. The Labute approximate surface area is 131 Å². The van der Waals surface area contributed by atoms with Crippen molar-refractivity contribution < 1.29 is 4.79 Å². The lowest BCUT2D eigenvalue weighted by Gasteiger charge is -2.18. The molecule has 1 heterocycles. The fourth-order valence-electron chi connectivity index (χ4n) is 3.38. The van der Waals surface area contributed by atoms with Gasteiger partial charge < -0.3 is 5.32 Å². The number of hydrogen-bond donors (Lipinski definition) is 1. The molecule has 1 N–H and O–H groups in total. The van der Waals surface area contributed by atoms with Gasteiger partial charge in [0.1, 0.15) is 0 Å². The summed E-state index contributed by atoms with van der Waals surface area (Å²) in [5, 5.41) is 4.34. The van der Waals surface area contributed by atoms with E-state index in [0.29, 0.717) is 17.9 Å². The van der Waals surface area contributed by atoms with Crippen LogP contribution in [0.15, 0.2) is 24.3 Å². The van der Waals surface area contributed by atoms with E-state index in [1.54, 1.807) is 0 Å². The summed E-state index contributed by atoms with van der Waals surface area (Å²) in [6.45, 7) is 3.99. The number of rotatable bonds is 4. The lowest BCUT2D eigenvalue weighted by atomic mass is 10.0. The molecule has 0 radical (unpaired) electrons. The first-order valence-electron chi connectivity index (χ1n) is 8.31. The largest absolute Gasteiger partial charge is 0.349 e. The van der Waals surface area contributed by atoms with E-state index < -0.39 is 0 Å². The predicted octanol–water partition coefficient (Wildman–Crippen LogP) is 3.77. The zero-order chi connectivity index (χ0) is 15.3. The maximum atomic E-state index is 12.7. The quantitative estimate of drug-likeness (QED) is 0.932. The third-order valence-corrected chi connectivity index (χ3v) is 4.96. The second-order valence-electron chi connectivity index (χ2n) is 6.99. The molecule has 114 valence electrons. The lowest BCUT2D eigenvalue weighted by molar-refractivity contribution is 0.0925. The monoisotopic (exact) mass is 294 g/mol. The zero-order valence-corrected chi connectivity index (χ0v) is 13.2. The van der Waals surface area contributed by atoms with Crippen molar-refractivity contribution >= 4 is 16.8 Å². The summed E-state index contributed by atoms with van der Waals surface area (Å²) in [6.07, 6.45) is 5.09. The Morgan fingerprint density at radius 2 is 1.82 bits per heavy atom. The maximum Gasteiger partial charge on any atom is 0.253 e. The highest BCUT2D eigenvalue weighted by Crippen LogP contribution is 2.44. The van der Waals surface area contributed by atoms with E-state index in [2.05, 4.69) is 29.4 Å². The summed E-state index contributed by atoms with van der Waals surface area (Å²) >= 11 is 0. The van der Waals surface area contributed by atoms with Gasteiger partial charge in [0.25, 0.3) is 5.91 Å². The van der Waals surface area contributed by atoms with Gasteiger partial charge in [-0.2, -0.15) is 0 Å². The summed E-state index contributed by atoms with van der Waals surface area (Å²) in [5.41, 5.74) is 3.70. The minimum atomic E-state index is 0.0530. The Morgan fingerprint density at radius 3 is 2.45 bits per heavy atom. The van der Waals surface area contributed by atoms with E-state index >= 15 is 0 Å². The van der Waals surface area contributed by atoms with E-state index in [4.69, 9.17) is 0 Å². The van der Waals surface area contributed by atoms with Crippen molar-refractivity contribution in [3.05, 3.63) is 41.1 Å². The number of pyridine rings is 1. The van der Waals surface area contributed by atoms with Crippen LogP contribution < -0.4 is 5.32 Å². The average Bonchev–Trinajstić information content (AvgIpc) is 3.37. The van der Waals surface area contributed by atoms with E-state index in [-0.39, 0.29) is 5.91 Å². The molecule has 22 heavy (non-hydrogen) atoms. The van der Waals surface area contributed by atoms with Gasteiger partial charge in [0.15, 0.2) is 0 Å². The Kier molecular flexibility index (Phi) is 3.17. The standard InChI is InChI=1S/C19H22N2O/c1-11-3-8-17-15(9-11)10-16(12(2)20-17)19(22)21-18(13-4-5-13)14-6-7-14/h3,8-10,13-14,18H,4-7H2,1-2H3,(H,21,22). The number of carbonyl (C=O) groups excluding carboxylic acids is 1. The minimum Gasteiger partial charge on any atom is -0.349 e. The number of fused-ring (bicyclic) bond motifs is 1. The molecular weight excluding hydrogens is 272 g/mol. The number of nitrogens with one attached hydrogen (secondary N) is 1. The van der Waals surface area contributed by atoms with Crippen LogP contribution in [0.1, 0.15) is 47.3 Å². The number of carbonyl (C=O) groups is 1. The molecule has 0 unspecified atom stereocenters. The molecule has 0 aliphatic heterocycles. The van der Waals surface area contributed by atoms with Crippen LogP contribution in [0.3, 0.4) is 0 Å². The number of aromatic nitrogens is 1. The number of amides is 1. The van der Waals surface area contributed by atoms with Gasteiger partial charge >= 0.3 is 0 Å². The van der Waals surface area contributed by atoms with Crippen LogP contribution in [0, 0.1) is 25.7 Å². The van der Waals surface area contributed by atoms with Gasteiger partial charge in [0.2, 0.25) is 0 Å². The van der Waals surface area contributed by atoms with Crippen LogP contribution in [0.4, 0.5) is 0 Å². The molecule has 1 aromatic heterocycles. The molecule has 0 saturated heterocycles. The third-order valence-electron chi connectivity index (χ3n) is 4.96. The van der Waals surface area contributed by atoms with Gasteiger partial charge in [-0.25, -0.2) is 0 Å². The van der Waals surface area contributed by atoms with Crippen LogP contribution in [0.2, 0.25) is 0 Å². The normalized spacial score (nSPS) is 18.0. The van der Waals surface area contributed by atoms with Gasteiger partial charge in [0.05, 0.1) is 16.8 Å². The van der Waals surface area contributed by atoms with Gasteiger partial charge in [-0.1, -0.05) is 11.6 Å². The van der Waals surface area contributed by atoms with Crippen LogP contribution in [-0.2, 0) is 0 Å².